The van der Waals surface area contributed by atoms with Gasteiger partial charge in [-0.2, -0.15) is 0 Å². The van der Waals surface area contributed by atoms with E-state index in [9.17, 15) is 9.59 Å². The van der Waals surface area contributed by atoms with Crippen LogP contribution in [-0.4, -0.2) is 45.9 Å². The lowest BCUT2D eigenvalue weighted by Gasteiger charge is -2.37. The van der Waals surface area contributed by atoms with Crippen LogP contribution in [0, 0.1) is 5.92 Å². The number of Topliss-reactive ketones (excluding diaryl/α,β-unsaturated/α-hetero) is 1. The van der Waals surface area contributed by atoms with E-state index < -0.39 is 17.8 Å². The summed E-state index contributed by atoms with van der Waals surface area (Å²) in [5.74, 6) is -0.112. The van der Waals surface area contributed by atoms with Crippen molar-refractivity contribution in [1.82, 2.24) is 0 Å². The van der Waals surface area contributed by atoms with Crippen molar-refractivity contribution in [3.05, 3.63) is 64.9 Å². The summed E-state index contributed by atoms with van der Waals surface area (Å²) in [6.07, 6.45) is 0.861. The van der Waals surface area contributed by atoms with Crippen LogP contribution in [0.4, 0.5) is 0 Å². The van der Waals surface area contributed by atoms with Gasteiger partial charge in [0.25, 0.3) is 0 Å². The minimum atomic E-state index is -0.739. The SMILES string of the molecule is COC(=O)C1C(C)=NC2=C(C(=O)CC(c3ccccc3OC)C2)C1c1cccc(OC)c1OC. The highest BCUT2D eigenvalue weighted by molar-refractivity contribution is 6.09. The molecule has 0 amide bonds. The molecule has 2 aliphatic rings. The number of hydrogen-bond acceptors (Lipinski definition) is 7. The fourth-order valence-corrected chi connectivity index (χ4v) is 5.21. The first-order valence-electron chi connectivity index (χ1n) is 11.2. The second-order valence-electron chi connectivity index (χ2n) is 8.45. The van der Waals surface area contributed by atoms with E-state index in [2.05, 4.69) is 0 Å². The predicted octanol–water partition coefficient (Wildman–Crippen LogP) is 4.46. The minimum Gasteiger partial charge on any atom is -0.496 e. The fourth-order valence-electron chi connectivity index (χ4n) is 5.21. The highest BCUT2D eigenvalue weighted by atomic mass is 16.5. The molecule has 2 aromatic carbocycles. The van der Waals surface area contributed by atoms with Crippen LogP contribution in [-0.2, 0) is 14.3 Å². The highest BCUT2D eigenvalue weighted by Gasteiger charge is 2.46. The number of nitrogens with zero attached hydrogens (tertiary/aromatic N) is 1. The number of ketones is 1. The molecule has 3 unspecified atom stereocenters. The third-order valence-corrected chi connectivity index (χ3v) is 6.69. The van der Waals surface area contributed by atoms with Gasteiger partial charge >= 0.3 is 5.97 Å². The molecule has 0 saturated carbocycles. The average Bonchev–Trinajstić information content (AvgIpc) is 2.86. The lowest BCUT2D eigenvalue weighted by Crippen LogP contribution is -2.38. The first-order valence-corrected chi connectivity index (χ1v) is 11.2. The number of methoxy groups -OCH3 is 4. The second-order valence-corrected chi connectivity index (χ2v) is 8.45. The first-order chi connectivity index (χ1) is 16.4. The monoisotopic (exact) mass is 463 g/mol. The summed E-state index contributed by atoms with van der Waals surface area (Å²) in [5.41, 5.74) is 3.51. The van der Waals surface area contributed by atoms with Crippen LogP contribution in [0.5, 0.6) is 17.2 Å². The average molecular weight is 464 g/mol. The highest BCUT2D eigenvalue weighted by Crippen LogP contribution is 2.50. The smallest absolute Gasteiger partial charge is 0.315 e. The molecular weight excluding hydrogens is 434 g/mol. The maximum absolute atomic E-state index is 13.7. The number of carbonyl (C=O) groups excluding carboxylic acids is 2. The van der Waals surface area contributed by atoms with Crippen molar-refractivity contribution in [3.8, 4) is 17.2 Å². The quantitative estimate of drug-likeness (QED) is 0.588. The van der Waals surface area contributed by atoms with Crippen molar-refractivity contribution in [3.63, 3.8) is 0 Å². The standard InChI is InChI=1S/C27H29NO6/c1-15-23(27(30)34-5)24(18-10-8-12-22(32-3)26(18)33-4)25-19(28-15)13-16(14-20(25)29)17-9-6-7-11-21(17)31-2/h6-12,16,23-24H,13-14H2,1-5H3. The molecule has 0 bridgehead atoms. The number of rotatable bonds is 6. The van der Waals surface area contributed by atoms with E-state index >= 15 is 0 Å². The lowest BCUT2D eigenvalue weighted by molar-refractivity contribution is -0.143. The molecule has 1 aliphatic heterocycles. The van der Waals surface area contributed by atoms with E-state index in [1.54, 1.807) is 27.4 Å². The number of aliphatic imine (C=N–C) groups is 1. The van der Waals surface area contributed by atoms with Gasteiger partial charge in [0.05, 0.1) is 28.4 Å². The van der Waals surface area contributed by atoms with Crippen molar-refractivity contribution >= 4 is 17.5 Å². The van der Waals surface area contributed by atoms with Crippen LogP contribution >= 0.6 is 0 Å². The number of ether oxygens (including phenoxy) is 4. The number of esters is 1. The summed E-state index contributed by atoms with van der Waals surface area (Å²) in [6.45, 7) is 1.81. The molecule has 3 atom stereocenters. The molecule has 0 N–H and O–H groups in total. The molecule has 0 spiro atoms. The van der Waals surface area contributed by atoms with Crippen molar-refractivity contribution in [2.75, 3.05) is 28.4 Å². The molecular formula is C27H29NO6. The maximum atomic E-state index is 13.7. The minimum absolute atomic E-state index is 0.0443. The first kappa shape index (κ1) is 23.5. The van der Waals surface area contributed by atoms with Crippen LogP contribution in [0.3, 0.4) is 0 Å². The van der Waals surface area contributed by atoms with Crippen molar-refractivity contribution in [2.45, 2.75) is 31.6 Å². The van der Waals surface area contributed by atoms with Gasteiger partial charge in [0.15, 0.2) is 17.3 Å². The van der Waals surface area contributed by atoms with Crippen LogP contribution in [0.2, 0.25) is 0 Å². The molecule has 34 heavy (non-hydrogen) atoms. The zero-order chi connectivity index (χ0) is 24.4. The Morgan fingerprint density at radius 1 is 0.882 bits per heavy atom. The van der Waals surface area contributed by atoms with E-state index in [0.717, 1.165) is 11.3 Å². The summed E-state index contributed by atoms with van der Waals surface area (Å²) in [6, 6.07) is 13.2. The van der Waals surface area contributed by atoms with Gasteiger partial charge in [0.1, 0.15) is 11.7 Å². The summed E-state index contributed by atoms with van der Waals surface area (Å²) in [7, 11) is 6.08. The van der Waals surface area contributed by atoms with Gasteiger partial charge < -0.3 is 18.9 Å². The fraction of sp³-hybridized carbons (Fsp3) is 0.370. The van der Waals surface area contributed by atoms with Crippen LogP contribution in [0.1, 0.15) is 42.7 Å². The van der Waals surface area contributed by atoms with E-state index in [1.807, 2.05) is 43.3 Å². The Hall–Kier alpha value is -3.61. The molecule has 2 aromatic rings. The zero-order valence-corrected chi connectivity index (χ0v) is 20.1. The molecule has 0 saturated heterocycles. The maximum Gasteiger partial charge on any atom is 0.315 e. The van der Waals surface area contributed by atoms with Crippen LogP contribution in [0.15, 0.2) is 58.7 Å². The normalized spacial score (nSPS) is 22.0. The predicted molar refractivity (Wildman–Crippen MR) is 128 cm³/mol. The Morgan fingerprint density at radius 3 is 2.24 bits per heavy atom. The van der Waals surface area contributed by atoms with Crippen molar-refractivity contribution in [2.24, 2.45) is 10.9 Å². The number of hydrogen-bond donors (Lipinski definition) is 0. The topological polar surface area (TPSA) is 83.4 Å². The van der Waals surface area contributed by atoms with Gasteiger partial charge in [0.2, 0.25) is 0 Å². The van der Waals surface area contributed by atoms with Gasteiger partial charge in [-0.15, -0.1) is 0 Å². The number of para-hydroxylation sites is 2. The van der Waals surface area contributed by atoms with E-state index in [4.69, 9.17) is 23.9 Å². The lowest BCUT2D eigenvalue weighted by atomic mass is 9.69. The third kappa shape index (κ3) is 3.95. The van der Waals surface area contributed by atoms with E-state index in [1.165, 1.54) is 7.11 Å². The summed E-state index contributed by atoms with van der Waals surface area (Å²) in [5, 5.41) is 0. The second kappa shape index (κ2) is 9.71. The summed E-state index contributed by atoms with van der Waals surface area (Å²) >= 11 is 0. The molecule has 7 heteroatoms. The van der Waals surface area contributed by atoms with Crippen LogP contribution < -0.4 is 14.2 Å². The van der Waals surface area contributed by atoms with Gasteiger partial charge in [-0.25, -0.2) is 0 Å². The number of benzene rings is 2. The molecule has 1 heterocycles. The Balaban J connectivity index is 1.88. The molecule has 178 valence electrons. The van der Waals surface area contributed by atoms with Crippen molar-refractivity contribution < 1.29 is 28.5 Å². The van der Waals surface area contributed by atoms with Crippen LogP contribution in [0.25, 0.3) is 0 Å². The Bertz CT molecular complexity index is 1180. The molecule has 1 aliphatic carbocycles. The summed E-state index contributed by atoms with van der Waals surface area (Å²) < 4.78 is 21.9. The Morgan fingerprint density at radius 2 is 1.56 bits per heavy atom. The molecule has 0 fully saturated rings. The number of allylic oxidation sites excluding steroid dienone is 2. The zero-order valence-electron chi connectivity index (χ0n) is 20.1. The Labute approximate surface area is 199 Å². The van der Waals surface area contributed by atoms with Gasteiger partial charge in [-0.05, 0) is 31.0 Å². The Kier molecular flexibility index (Phi) is 6.72. The van der Waals surface area contributed by atoms with Gasteiger partial charge in [-0.1, -0.05) is 30.3 Å². The molecule has 7 nitrogen and oxygen atoms in total. The van der Waals surface area contributed by atoms with Crippen molar-refractivity contribution in [1.29, 1.82) is 0 Å². The molecule has 0 aromatic heterocycles. The summed E-state index contributed by atoms with van der Waals surface area (Å²) in [4.78, 5) is 31.4. The van der Waals surface area contributed by atoms with Gasteiger partial charge in [-0.3, -0.25) is 14.6 Å². The third-order valence-electron chi connectivity index (χ3n) is 6.69. The van der Waals surface area contributed by atoms with E-state index in [-0.39, 0.29) is 11.7 Å². The van der Waals surface area contributed by atoms with Gasteiger partial charge in [0, 0.05) is 40.8 Å². The molecule has 4 rings (SSSR count). The largest absolute Gasteiger partial charge is 0.496 e. The number of carbonyl (C=O) groups is 2. The van der Waals surface area contributed by atoms with E-state index in [0.29, 0.717) is 46.9 Å². The molecule has 0 radical (unpaired) electrons.